The molecule has 2 aromatic rings. The van der Waals surface area contributed by atoms with Crippen LogP contribution in [0.4, 0.5) is 11.4 Å². The number of nitro benzene ring substituents is 1. The van der Waals surface area contributed by atoms with Gasteiger partial charge in [0.1, 0.15) is 0 Å². The summed E-state index contributed by atoms with van der Waals surface area (Å²) in [6, 6.07) is 11.1. The fraction of sp³-hybridized carbons (Fsp3) is 0.263. The highest BCUT2D eigenvalue weighted by molar-refractivity contribution is 6.31. The lowest BCUT2D eigenvalue weighted by Crippen LogP contribution is -2.29. The van der Waals surface area contributed by atoms with Gasteiger partial charge in [0.25, 0.3) is 5.69 Å². The van der Waals surface area contributed by atoms with E-state index in [1.165, 1.54) is 5.56 Å². The van der Waals surface area contributed by atoms with Crippen LogP contribution >= 0.6 is 11.6 Å². The molecule has 0 radical (unpaired) electrons. The molecule has 4 nitrogen and oxygen atoms in total. The molecule has 0 spiro atoms. The minimum Gasteiger partial charge on any atom is -0.377 e. The van der Waals surface area contributed by atoms with Crippen LogP contribution in [-0.4, -0.2) is 4.92 Å². The molecule has 5 heteroatoms. The van der Waals surface area contributed by atoms with Gasteiger partial charge in [-0.3, -0.25) is 10.1 Å². The molecular weight excluding hydrogens is 324 g/mol. The SMILES string of the molecule is Cc1c(Cl)ccc2c1N[C@@H](c1ccc([N+](=O)[O-])cc1)[C@H]1CC=C[C@H]21. The van der Waals surface area contributed by atoms with Gasteiger partial charge in [0, 0.05) is 28.8 Å². The Kier molecular flexibility index (Phi) is 3.57. The van der Waals surface area contributed by atoms with Crippen molar-refractivity contribution in [3.8, 4) is 0 Å². The third-order valence-corrected chi connectivity index (χ3v) is 5.60. The predicted molar refractivity (Wildman–Crippen MR) is 95.6 cm³/mol. The number of hydrogen-bond donors (Lipinski definition) is 1. The van der Waals surface area contributed by atoms with Crippen molar-refractivity contribution in [2.24, 2.45) is 5.92 Å². The topological polar surface area (TPSA) is 55.2 Å². The first-order valence-electron chi connectivity index (χ1n) is 8.03. The van der Waals surface area contributed by atoms with E-state index < -0.39 is 0 Å². The summed E-state index contributed by atoms with van der Waals surface area (Å²) in [6.07, 6.45) is 5.50. The van der Waals surface area contributed by atoms with Gasteiger partial charge in [-0.1, -0.05) is 42.0 Å². The smallest absolute Gasteiger partial charge is 0.269 e. The van der Waals surface area contributed by atoms with Crippen molar-refractivity contribution >= 4 is 23.0 Å². The molecule has 0 saturated heterocycles. The highest BCUT2D eigenvalue weighted by Crippen LogP contribution is 2.51. The highest BCUT2D eigenvalue weighted by Gasteiger charge is 2.38. The summed E-state index contributed by atoms with van der Waals surface area (Å²) in [4.78, 5) is 10.5. The first-order chi connectivity index (χ1) is 11.6. The van der Waals surface area contributed by atoms with Crippen molar-refractivity contribution in [2.45, 2.75) is 25.3 Å². The van der Waals surface area contributed by atoms with Crippen LogP contribution in [0.25, 0.3) is 0 Å². The van der Waals surface area contributed by atoms with Gasteiger partial charge in [-0.15, -0.1) is 0 Å². The predicted octanol–water partition coefficient (Wildman–Crippen LogP) is 5.38. The average molecular weight is 341 g/mol. The summed E-state index contributed by atoms with van der Waals surface area (Å²) in [7, 11) is 0. The van der Waals surface area contributed by atoms with Crippen molar-refractivity contribution < 1.29 is 4.92 Å². The number of rotatable bonds is 2. The van der Waals surface area contributed by atoms with Gasteiger partial charge in [0.15, 0.2) is 0 Å². The number of anilines is 1. The molecule has 122 valence electrons. The molecule has 3 atom stereocenters. The molecule has 1 heterocycles. The number of allylic oxidation sites excluding steroid dienone is 2. The third-order valence-electron chi connectivity index (χ3n) is 5.19. The van der Waals surface area contributed by atoms with Crippen LogP contribution in [0.1, 0.15) is 35.1 Å². The van der Waals surface area contributed by atoms with Gasteiger partial charge in [-0.2, -0.15) is 0 Å². The van der Waals surface area contributed by atoms with E-state index in [4.69, 9.17) is 11.6 Å². The lowest BCUT2D eigenvalue weighted by atomic mass is 9.76. The van der Waals surface area contributed by atoms with Crippen LogP contribution in [0, 0.1) is 23.0 Å². The van der Waals surface area contributed by atoms with Gasteiger partial charge in [-0.05, 0) is 42.0 Å². The zero-order valence-corrected chi connectivity index (χ0v) is 14.0. The van der Waals surface area contributed by atoms with Crippen molar-refractivity contribution in [2.75, 3.05) is 5.32 Å². The minimum absolute atomic E-state index is 0.121. The molecule has 24 heavy (non-hydrogen) atoms. The Labute approximate surface area is 145 Å². The molecule has 2 aliphatic rings. The van der Waals surface area contributed by atoms with Crippen molar-refractivity contribution in [1.29, 1.82) is 0 Å². The second-order valence-electron chi connectivity index (χ2n) is 6.46. The monoisotopic (exact) mass is 340 g/mol. The molecule has 1 N–H and O–H groups in total. The summed E-state index contributed by atoms with van der Waals surface area (Å²) in [5.41, 5.74) is 4.63. The summed E-state index contributed by atoms with van der Waals surface area (Å²) in [6.45, 7) is 2.03. The van der Waals surface area contributed by atoms with Gasteiger partial charge in [-0.25, -0.2) is 0 Å². The third kappa shape index (κ3) is 2.29. The maximum Gasteiger partial charge on any atom is 0.269 e. The zero-order valence-electron chi connectivity index (χ0n) is 13.2. The highest BCUT2D eigenvalue weighted by atomic mass is 35.5. The Bertz CT molecular complexity index is 845. The molecule has 0 amide bonds. The Morgan fingerprint density at radius 3 is 2.67 bits per heavy atom. The number of benzene rings is 2. The minimum atomic E-state index is -0.364. The Morgan fingerprint density at radius 1 is 1.21 bits per heavy atom. The van der Waals surface area contributed by atoms with Gasteiger partial charge in [0.05, 0.1) is 11.0 Å². The second kappa shape index (κ2) is 5.64. The van der Waals surface area contributed by atoms with Crippen molar-refractivity contribution in [3.05, 3.63) is 80.4 Å². The molecule has 0 unspecified atom stereocenters. The molecule has 0 bridgehead atoms. The fourth-order valence-corrected chi connectivity index (χ4v) is 4.08. The second-order valence-corrected chi connectivity index (χ2v) is 6.87. The summed E-state index contributed by atoms with van der Waals surface area (Å²) < 4.78 is 0. The van der Waals surface area contributed by atoms with Crippen LogP contribution in [0.2, 0.25) is 5.02 Å². The first-order valence-corrected chi connectivity index (χ1v) is 8.40. The van der Waals surface area contributed by atoms with Crippen LogP contribution < -0.4 is 5.32 Å². The number of nitrogens with one attached hydrogen (secondary N) is 1. The molecule has 4 rings (SSSR count). The van der Waals surface area contributed by atoms with E-state index >= 15 is 0 Å². The van der Waals surface area contributed by atoms with Gasteiger partial charge >= 0.3 is 0 Å². The molecule has 1 aliphatic carbocycles. The number of hydrogen-bond acceptors (Lipinski definition) is 3. The van der Waals surface area contributed by atoms with Crippen molar-refractivity contribution in [1.82, 2.24) is 0 Å². The molecule has 1 aliphatic heterocycles. The largest absolute Gasteiger partial charge is 0.377 e. The molecule has 0 aromatic heterocycles. The van der Waals surface area contributed by atoms with Gasteiger partial charge < -0.3 is 5.32 Å². The van der Waals surface area contributed by atoms with E-state index in [2.05, 4.69) is 23.5 Å². The van der Waals surface area contributed by atoms with E-state index in [0.717, 1.165) is 28.3 Å². The van der Waals surface area contributed by atoms with Gasteiger partial charge in [0.2, 0.25) is 0 Å². The number of fused-ring (bicyclic) bond motifs is 3. The maximum absolute atomic E-state index is 10.9. The summed E-state index contributed by atoms with van der Waals surface area (Å²) >= 11 is 6.30. The molecular formula is C19H17ClN2O2. The van der Waals surface area contributed by atoms with E-state index in [1.807, 2.05) is 25.1 Å². The fourth-order valence-electron chi connectivity index (χ4n) is 3.92. The average Bonchev–Trinajstić information content (AvgIpc) is 3.07. The quantitative estimate of drug-likeness (QED) is 0.453. The van der Waals surface area contributed by atoms with E-state index in [1.54, 1.807) is 12.1 Å². The first kappa shape index (κ1) is 15.2. The lowest BCUT2D eigenvalue weighted by molar-refractivity contribution is -0.384. The number of halogens is 1. The Hall–Kier alpha value is -2.33. The van der Waals surface area contributed by atoms with E-state index in [0.29, 0.717) is 11.8 Å². The molecule has 2 aromatic carbocycles. The van der Waals surface area contributed by atoms with E-state index in [9.17, 15) is 10.1 Å². The molecule has 0 saturated carbocycles. The van der Waals surface area contributed by atoms with Crippen LogP contribution in [0.3, 0.4) is 0 Å². The number of nitro groups is 1. The normalized spacial score (nSPS) is 24.2. The molecule has 0 fully saturated rings. The van der Waals surface area contributed by atoms with Crippen LogP contribution in [0.15, 0.2) is 48.6 Å². The number of nitrogens with zero attached hydrogens (tertiary/aromatic N) is 1. The van der Waals surface area contributed by atoms with Crippen LogP contribution in [-0.2, 0) is 0 Å². The van der Waals surface area contributed by atoms with Crippen molar-refractivity contribution in [3.63, 3.8) is 0 Å². The summed E-state index contributed by atoms with van der Waals surface area (Å²) in [5.74, 6) is 0.775. The Balaban J connectivity index is 1.77. The number of non-ortho nitro benzene ring substituents is 1. The van der Waals surface area contributed by atoms with E-state index in [-0.39, 0.29) is 16.7 Å². The summed E-state index contributed by atoms with van der Waals surface area (Å²) in [5, 5.41) is 15.3. The lowest BCUT2D eigenvalue weighted by Gasteiger charge is -2.38. The van der Waals surface area contributed by atoms with Crippen LogP contribution in [0.5, 0.6) is 0 Å². The maximum atomic E-state index is 10.9. The Morgan fingerprint density at radius 2 is 1.96 bits per heavy atom. The standard InChI is InChI=1S/C19H17ClN2O2/c1-11-17(20)10-9-16-14-3-2-4-15(14)19(21-18(11)16)12-5-7-13(8-6-12)22(23)24/h2-3,5-10,14-15,19,21H,4H2,1H3/t14-,15-,19-/m0/s1. The zero-order chi connectivity index (χ0) is 16.8.